The van der Waals surface area contributed by atoms with E-state index in [0.29, 0.717) is 6.04 Å². The third kappa shape index (κ3) is 5.48. The van der Waals surface area contributed by atoms with Gasteiger partial charge in [-0.15, -0.1) is 0 Å². The van der Waals surface area contributed by atoms with E-state index in [1.165, 1.54) is 61.5 Å². The zero-order valence-corrected chi connectivity index (χ0v) is 19.9. The molecule has 1 saturated heterocycles. The maximum absolute atomic E-state index is 5.10. The Kier molecular flexibility index (Phi) is 7.91. The second kappa shape index (κ2) is 10.2. The summed E-state index contributed by atoms with van der Waals surface area (Å²) < 4.78 is 1.98. The molecule has 7 heteroatoms. The van der Waals surface area contributed by atoms with E-state index in [0.717, 1.165) is 31.2 Å². The van der Waals surface area contributed by atoms with Gasteiger partial charge >= 0.3 is 0 Å². The Morgan fingerprint density at radius 2 is 1.93 bits per heavy atom. The standard InChI is InChI=1S/C22H40N6S/c1-6-23-21(25-17(2)15-20-18(3)26-27(5)19(20)4)24-16-22(9-7-8-10-22)28-11-13-29-14-12-28/h17H,6-16H2,1-5H3,(H2,23,24,25). The molecule has 1 aliphatic carbocycles. The van der Waals surface area contributed by atoms with Crippen LogP contribution in [0.3, 0.4) is 0 Å². The number of aryl methyl sites for hydroxylation is 2. The van der Waals surface area contributed by atoms with Crippen LogP contribution in [0.2, 0.25) is 0 Å². The molecule has 164 valence electrons. The number of rotatable bonds is 7. The van der Waals surface area contributed by atoms with E-state index in [1.54, 1.807) is 0 Å². The molecule has 1 unspecified atom stereocenters. The molecule has 0 bridgehead atoms. The molecule has 0 amide bonds. The largest absolute Gasteiger partial charge is 0.357 e. The van der Waals surface area contributed by atoms with Gasteiger partial charge in [0.2, 0.25) is 0 Å². The first-order chi connectivity index (χ1) is 13.9. The Labute approximate surface area is 181 Å². The highest BCUT2D eigenvalue weighted by Crippen LogP contribution is 2.37. The Morgan fingerprint density at radius 3 is 2.52 bits per heavy atom. The summed E-state index contributed by atoms with van der Waals surface area (Å²) in [7, 11) is 2.02. The van der Waals surface area contributed by atoms with Gasteiger partial charge in [0.25, 0.3) is 0 Å². The molecule has 29 heavy (non-hydrogen) atoms. The van der Waals surface area contributed by atoms with Gasteiger partial charge in [0.05, 0.1) is 12.2 Å². The smallest absolute Gasteiger partial charge is 0.191 e. The second-order valence-corrected chi connectivity index (χ2v) is 9.97. The summed E-state index contributed by atoms with van der Waals surface area (Å²) in [5.74, 6) is 3.49. The van der Waals surface area contributed by atoms with Crippen molar-refractivity contribution in [2.75, 3.05) is 37.7 Å². The molecule has 0 spiro atoms. The van der Waals surface area contributed by atoms with Gasteiger partial charge in [-0.1, -0.05) is 12.8 Å². The van der Waals surface area contributed by atoms with Crippen molar-refractivity contribution in [3.05, 3.63) is 17.0 Å². The molecule has 6 nitrogen and oxygen atoms in total. The molecule has 2 heterocycles. The number of hydrogen-bond donors (Lipinski definition) is 2. The van der Waals surface area contributed by atoms with Crippen LogP contribution in [0.15, 0.2) is 4.99 Å². The fourth-order valence-corrected chi connectivity index (χ4v) is 5.80. The van der Waals surface area contributed by atoms with Gasteiger partial charge in [0.1, 0.15) is 0 Å². The lowest BCUT2D eigenvalue weighted by Crippen LogP contribution is -2.53. The van der Waals surface area contributed by atoms with Crippen LogP contribution < -0.4 is 10.6 Å². The zero-order chi connectivity index (χ0) is 20.9. The number of nitrogens with zero attached hydrogens (tertiary/aromatic N) is 4. The van der Waals surface area contributed by atoms with Crippen LogP contribution in [0, 0.1) is 13.8 Å². The van der Waals surface area contributed by atoms with Gasteiger partial charge < -0.3 is 10.6 Å². The minimum absolute atomic E-state index is 0.281. The number of hydrogen-bond acceptors (Lipinski definition) is 4. The number of aromatic nitrogens is 2. The Balaban J connectivity index is 1.66. The average molecular weight is 421 g/mol. The first-order valence-electron chi connectivity index (χ1n) is 11.3. The predicted octanol–water partition coefficient (Wildman–Crippen LogP) is 2.88. The van der Waals surface area contributed by atoms with Gasteiger partial charge in [-0.25, -0.2) is 0 Å². The van der Waals surface area contributed by atoms with E-state index in [-0.39, 0.29) is 5.54 Å². The minimum Gasteiger partial charge on any atom is -0.357 e. The number of nitrogens with one attached hydrogen (secondary N) is 2. The number of aliphatic imine (C=N–C) groups is 1. The highest BCUT2D eigenvalue weighted by Gasteiger charge is 2.39. The van der Waals surface area contributed by atoms with Gasteiger partial charge in [0, 0.05) is 55.5 Å². The van der Waals surface area contributed by atoms with Gasteiger partial charge in [-0.3, -0.25) is 14.6 Å². The summed E-state index contributed by atoms with van der Waals surface area (Å²) in [6.07, 6.45) is 6.25. The molecule has 1 atom stereocenters. The average Bonchev–Trinajstić information content (AvgIpc) is 3.28. The topological polar surface area (TPSA) is 57.5 Å². The van der Waals surface area contributed by atoms with E-state index in [4.69, 9.17) is 4.99 Å². The van der Waals surface area contributed by atoms with Crippen molar-refractivity contribution in [1.82, 2.24) is 25.3 Å². The maximum Gasteiger partial charge on any atom is 0.191 e. The van der Waals surface area contributed by atoms with E-state index in [2.05, 4.69) is 60.1 Å². The normalized spacial score (nSPS) is 21.3. The van der Waals surface area contributed by atoms with Crippen LogP contribution in [0.4, 0.5) is 0 Å². The summed E-state index contributed by atoms with van der Waals surface area (Å²) in [6.45, 7) is 12.9. The molecule has 1 aliphatic heterocycles. The summed E-state index contributed by atoms with van der Waals surface area (Å²) in [6, 6.07) is 0.306. The third-order valence-corrected chi connectivity index (χ3v) is 7.59. The highest BCUT2D eigenvalue weighted by molar-refractivity contribution is 7.99. The van der Waals surface area contributed by atoms with Crippen molar-refractivity contribution in [2.24, 2.45) is 12.0 Å². The minimum atomic E-state index is 0.281. The van der Waals surface area contributed by atoms with E-state index in [1.807, 2.05) is 11.7 Å². The van der Waals surface area contributed by atoms with Crippen molar-refractivity contribution in [2.45, 2.75) is 71.4 Å². The maximum atomic E-state index is 5.10. The summed E-state index contributed by atoms with van der Waals surface area (Å²) in [5.41, 5.74) is 4.02. The van der Waals surface area contributed by atoms with Crippen molar-refractivity contribution < 1.29 is 0 Å². The fraction of sp³-hybridized carbons (Fsp3) is 0.818. The van der Waals surface area contributed by atoms with E-state index >= 15 is 0 Å². The van der Waals surface area contributed by atoms with Crippen molar-refractivity contribution >= 4 is 17.7 Å². The van der Waals surface area contributed by atoms with Crippen LogP contribution >= 0.6 is 11.8 Å². The molecule has 1 aromatic heterocycles. The predicted molar refractivity (Wildman–Crippen MR) is 125 cm³/mol. The third-order valence-electron chi connectivity index (χ3n) is 6.64. The molecule has 2 aliphatic rings. The van der Waals surface area contributed by atoms with Crippen LogP contribution in [0.25, 0.3) is 0 Å². The molecule has 2 fully saturated rings. The molecule has 1 aromatic rings. The van der Waals surface area contributed by atoms with Crippen molar-refractivity contribution in [1.29, 1.82) is 0 Å². The fourth-order valence-electron chi connectivity index (χ4n) is 4.89. The number of guanidine groups is 1. The monoisotopic (exact) mass is 420 g/mol. The molecule has 0 radical (unpaired) electrons. The lowest BCUT2D eigenvalue weighted by atomic mass is 9.95. The molecule has 3 rings (SSSR count). The first kappa shape index (κ1) is 22.5. The molecule has 2 N–H and O–H groups in total. The Morgan fingerprint density at radius 1 is 1.24 bits per heavy atom. The molecular weight excluding hydrogens is 380 g/mol. The van der Waals surface area contributed by atoms with Gasteiger partial charge in [-0.05, 0) is 52.5 Å². The summed E-state index contributed by atoms with van der Waals surface area (Å²) in [4.78, 5) is 7.85. The number of thioether (sulfide) groups is 1. The SMILES string of the molecule is CCNC(=NCC1(N2CCSCC2)CCCC1)NC(C)Cc1c(C)nn(C)c1C. The summed E-state index contributed by atoms with van der Waals surface area (Å²) in [5, 5.41) is 11.7. The Bertz CT molecular complexity index is 686. The lowest BCUT2D eigenvalue weighted by Gasteiger charge is -2.42. The molecule has 1 saturated carbocycles. The van der Waals surface area contributed by atoms with Crippen molar-refractivity contribution in [3.8, 4) is 0 Å². The van der Waals surface area contributed by atoms with Crippen LogP contribution in [-0.2, 0) is 13.5 Å². The summed E-state index contributed by atoms with van der Waals surface area (Å²) >= 11 is 2.09. The van der Waals surface area contributed by atoms with Crippen molar-refractivity contribution in [3.63, 3.8) is 0 Å². The van der Waals surface area contributed by atoms with Crippen LogP contribution in [-0.4, -0.2) is 69.9 Å². The van der Waals surface area contributed by atoms with Gasteiger partial charge in [-0.2, -0.15) is 16.9 Å². The van der Waals surface area contributed by atoms with Crippen LogP contribution in [0.5, 0.6) is 0 Å². The second-order valence-electron chi connectivity index (χ2n) is 8.75. The zero-order valence-electron chi connectivity index (χ0n) is 19.1. The highest BCUT2D eigenvalue weighted by atomic mass is 32.2. The Hall–Kier alpha value is -1.21. The van der Waals surface area contributed by atoms with E-state index < -0.39 is 0 Å². The van der Waals surface area contributed by atoms with Crippen LogP contribution in [0.1, 0.15) is 56.5 Å². The first-order valence-corrected chi connectivity index (χ1v) is 12.5. The van der Waals surface area contributed by atoms with Gasteiger partial charge in [0.15, 0.2) is 5.96 Å². The van der Waals surface area contributed by atoms with E-state index in [9.17, 15) is 0 Å². The molecular formula is C22H40N6S. The lowest BCUT2D eigenvalue weighted by molar-refractivity contribution is 0.112. The quantitative estimate of drug-likeness (QED) is 0.525. The molecule has 0 aromatic carbocycles.